The van der Waals surface area contributed by atoms with E-state index in [1.54, 1.807) is 6.92 Å². The molecule has 2 unspecified atom stereocenters. The maximum atomic E-state index is 13.0. The van der Waals surface area contributed by atoms with E-state index >= 15 is 0 Å². The van der Waals surface area contributed by atoms with E-state index < -0.39 is 0 Å². The van der Waals surface area contributed by atoms with Gasteiger partial charge in [-0.05, 0) is 43.4 Å². The lowest BCUT2D eigenvalue weighted by molar-refractivity contribution is -0.120. The quantitative estimate of drug-likeness (QED) is 0.928. The molecule has 1 amide bonds. The highest BCUT2D eigenvalue weighted by Crippen LogP contribution is 2.35. The molecule has 0 saturated carbocycles. The summed E-state index contributed by atoms with van der Waals surface area (Å²) >= 11 is 0. The molecule has 4 heteroatoms. The van der Waals surface area contributed by atoms with Crippen molar-refractivity contribution in [2.75, 3.05) is 0 Å². The third-order valence-electron chi connectivity index (χ3n) is 4.81. The molecule has 1 aromatic carbocycles. The van der Waals surface area contributed by atoms with Gasteiger partial charge in [0.25, 0.3) is 0 Å². The molecule has 2 aliphatic heterocycles. The van der Waals surface area contributed by atoms with Crippen LogP contribution >= 0.6 is 0 Å². The zero-order valence-electron chi connectivity index (χ0n) is 12.5. The highest BCUT2D eigenvalue weighted by atomic mass is 19.1. The van der Waals surface area contributed by atoms with Crippen LogP contribution in [0.15, 0.2) is 24.3 Å². The minimum Gasteiger partial charge on any atom is -0.353 e. The van der Waals surface area contributed by atoms with Gasteiger partial charge in [0.15, 0.2) is 0 Å². The fraction of sp³-hybridized carbons (Fsp3) is 0.588. The molecule has 0 aromatic heterocycles. The standard InChI is InChI=1S/C17H23FN2O/c1-12(21)19-15-9-16-3-2-4-17(10-15)20(16)11-13-5-7-14(18)8-6-13/h5-8,15-17H,2-4,9-11H2,1H3,(H,19,21). The largest absolute Gasteiger partial charge is 0.353 e. The average Bonchev–Trinajstić information content (AvgIpc) is 2.41. The number of carbonyl (C=O) groups is 1. The highest BCUT2D eigenvalue weighted by Gasteiger charge is 2.38. The fourth-order valence-corrected chi connectivity index (χ4v) is 3.94. The molecule has 1 aromatic rings. The Morgan fingerprint density at radius 2 is 1.86 bits per heavy atom. The SMILES string of the molecule is CC(=O)NC1CC2CCCC(C1)N2Cc1ccc(F)cc1. The van der Waals surface area contributed by atoms with Crippen LogP contribution in [0.25, 0.3) is 0 Å². The number of halogens is 1. The topological polar surface area (TPSA) is 32.3 Å². The minimum atomic E-state index is -0.177. The molecule has 2 heterocycles. The summed E-state index contributed by atoms with van der Waals surface area (Å²) in [5.74, 6) is -0.103. The molecule has 1 N–H and O–H groups in total. The van der Waals surface area contributed by atoms with E-state index in [2.05, 4.69) is 10.2 Å². The van der Waals surface area contributed by atoms with E-state index in [1.165, 1.54) is 37.0 Å². The molecule has 2 atom stereocenters. The average molecular weight is 290 g/mol. The third-order valence-corrected chi connectivity index (χ3v) is 4.81. The van der Waals surface area contributed by atoms with Crippen molar-refractivity contribution in [3.8, 4) is 0 Å². The number of fused-ring (bicyclic) bond motifs is 2. The van der Waals surface area contributed by atoms with E-state index in [-0.39, 0.29) is 11.7 Å². The Hall–Kier alpha value is -1.42. The summed E-state index contributed by atoms with van der Waals surface area (Å²) in [4.78, 5) is 13.8. The molecule has 21 heavy (non-hydrogen) atoms. The Morgan fingerprint density at radius 1 is 1.24 bits per heavy atom. The maximum Gasteiger partial charge on any atom is 0.217 e. The van der Waals surface area contributed by atoms with Gasteiger partial charge in [0.2, 0.25) is 5.91 Å². The Kier molecular flexibility index (Phi) is 4.24. The smallest absolute Gasteiger partial charge is 0.217 e. The van der Waals surface area contributed by atoms with Crippen LogP contribution in [0.5, 0.6) is 0 Å². The van der Waals surface area contributed by atoms with Gasteiger partial charge in [0, 0.05) is 31.6 Å². The fourth-order valence-electron chi connectivity index (χ4n) is 3.94. The maximum absolute atomic E-state index is 13.0. The van der Waals surface area contributed by atoms with Crippen molar-refractivity contribution in [2.24, 2.45) is 0 Å². The molecule has 114 valence electrons. The summed E-state index contributed by atoms with van der Waals surface area (Å²) in [7, 11) is 0. The second-order valence-electron chi connectivity index (χ2n) is 6.41. The van der Waals surface area contributed by atoms with E-state index in [0.717, 1.165) is 19.4 Å². The first-order valence-electron chi connectivity index (χ1n) is 7.89. The predicted molar refractivity (Wildman–Crippen MR) is 80.2 cm³/mol. The molecule has 3 rings (SSSR count). The van der Waals surface area contributed by atoms with E-state index in [1.807, 2.05) is 12.1 Å². The Labute approximate surface area is 125 Å². The molecule has 0 radical (unpaired) electrons. The summed E-state index contributed by atoms with van der Waals surface area (Å²) in [6, 6.07) is 8.24. The van der Waals surface area contributed by atoms with Crippen molar-refractivity contribution in [1.29, 1.82) is 0 Å². The van der Waals surface area contributed by atoms with Crippen molar-refractivity contribution < 1.29 is 9.18 Å². The number of nitrogens with one attached hydrogen (secondary N) is 1. The molecule has 0 spiro atoms. The second-order valence-corrected chi connectivity index (χ2v) is 6.41. The lowest BCUT2D eigenvalue weighted by Crippen LogP contribution is -2.56. The first-order valence-corrected chi connectivity index (χ1v) is 7.89. The van der Waals surface area contributed by atoms with Crippen LogP contribution in [0.3, 0.4) is 0 Å². The summed E-state index contributed by atoms with van der Waals surface area (Å²) in [6.45, 7) is 2.49. The second kappa shape index (κ2) is 6.14. The molecule has 2 fully saturated rings. The van der Waals surface area contributed by atoms with Crippen molar-refractivity contribution in [2.45, 2.75) is 63.7 Å². The summed E-state index contributed by atoms with van der Waals surface area (Å²) in [5.41, 5.74) is 1.17. The van der Waals surface area contributed by atoms with E-state index in [9.17, 15) is 9.18 Å². The van der Waals surface area contributed by atoms with Crippen molar-refractivity contribution in [3.63, 3.8) is 0 Å². The zero-order valence-corrected chi connectivity index (χ0v) is 12.5. The third kappa shape index (κ3) is 3.43. The monoisotopic (exact) mass is 290 g/mol. The summed E-state index contributed by atoms with van der Waals surface area (Å²) in [6.07, 6.45) is 5.76. The van der Waals surface area contributed by atoms with Gasteiger partial charge in [-0.3, -0.25) is 9.69 Å². The van der Waals surface area contributed by atoms with Gasteiger partial charge in [-0.2, -0.15) is 0 Å². The number of amides is 1. The van der Waals surface area contributed by atoms with Crippen LogP contribution in [-0.4, -0.2) is 28.9 Å². The Balaban J connectivity index is 1.68. The molecule has 2 bridgehead atoms. The van der Waals surface area contributed by atoms with Gasteiger partial charge >= 0.3 is 0 Å². The summed E-state index contributed by atoms with van der Waals surface area (Å²) in [5, 5.41) is 3.09. The van der Waals surface area contributed by atoms with Crippen LogP contribution in [-0.2, 0) is 11.3 Å². The molecular formula is C17H23FN2O. The van der Waals surface area contributed by atoms with Crippen LogP contribution < -0.4 is 5.32 Å². The van der Waals surface area contributed by atoms with Gasteiger partial charge in [-0.15, -0.1) is 0 Å². The molecule has 2 aliphatic rings. The van der Waals surface area contributed by atoms with Gasteiger partial charge in [-0.25, -0.2) is 4.39 Å². The lowest BCUT2D eigenvalue weighted by Gasteiger charge is -2.49. The van der Waals surface area contributed by atoms with E-state index in [4.69, 9.17) is 0 Å². The molecule has 3 nitrogen and oxygen atoms in total. The minimum absolute atomic E-state index is 0.0741. The van der Waals surface area contributed by atoms with Gasteiger partial charge < -0.3 is 5.32 Å². The number of piperidine rings is 2. The van der Waals surface area contributed by atoms with Gasteiger partial charge in [0.1, 0.15) is 5.82 Å². The van der Waals surface area contributed by atoms with Crippen molar-refractivity contribution in [1.82, 2.24) is 10.2 Å². The molecule has 2 saturated heterocycles. The number of benzene rings is 1. The van der Waals surface area contributed by atoms with Crippen LogP contribution in [0.1, 0.15) is 44.6 Å². The highest BCUT2D eigenvalue weighted by molar-refractivity contribution is 5.73. The number of hydrogen-bond acceptors (Lipinski definition) is 2. The summed E-state index contributed by atoms with van der Waals surface area (Å²) < 4.78 is 13.0. The lowest BCUT2D eigenvalue weighted by atomic mass is 9.81. The molecular weight excluding hydrogens is 267 g/mol. The number of carbonyl (C=O) groups excluding carboxylic acids is 1. The predicted octanol–water partition coefficient (Wildman–Crippen LogP) is 2.85. The van der Waals surface area contributed by atoms with Crippen LogP contribution in [0.2, 0.25) is 0 Å². The first-order chi connectivity index (χ1) is 10.1. The van der Waals surface area contributed by atoms with E-state index in [0.29, 0.717) is 18.1 Å². The van der Waals surface area contributed by atoms with Crippen LogP contribution in [0.4, 0.5) is 4.39 Å². The first kappa shape index (κ1) is 14.5. The van der Waals surface area contributed by atoms with Crippen molar-refractivity contribution in [3.05, 3.63) is 35.6 Å². The van der Waals surface area contributed by atoms with Gasteiger partial charge in [-0.1, -0.05) is 18.6 Å². The molecule has 0 aliphatic carbocycles. The van der Waals surface area contributed by atoms with Crippen molar-refractivity contribution >= 4 is 5.91 Å². The van der Waals surface area contributed by atoms with Crippen LogP contribution in [0, 0.1) is 5.82 Å². The van der Waals surface area contributed by atoms with Gasteiger partial charge in [0.05, 0.1) is 0 Å². The Bertz CT molecular complexity index is 488. The number of nitrogens with zero attached hydrogens (tertiary/aromatic N) is 1. The normalized spacial score (nSPS) is 29.1. The number of hydrogen-bond donors (Lipinski definition) is 1. The zero-order chi connectivity index (χ0) is 14.8. The number of rotatable bonds is 3. The Morgan fingerprint density at radius 3 is 2.43 bits per heavy atom.